The van der Waals surface area contributed by atoms with Crippen LogP contribution in [0.5, 0.6) is 0 Å². The summed E-state index contributed by atoms with van der Waals surface area (Å²) < 4.78 is 46.4. The third-order valence-electron chi connectivity index (χ3n) is 8.36. The van der Waals surface area contributed by atoms with Crippen molar-refractivity contribution in [1.29, 1.82) is 5.26 Å². The summed E-state index contributed by atoms with van der Waals surface area (Å²) in [5.41, 5.74) is -1.52. The zero-order chi connectivity index (χ0) is 29.1. The number of hydrogen-bond acceptors (Lipinski definition) is 6. The average molecular weight is 562 g/mol. The van der Waals surface area contributed by atoms with Gasteiger partial charge in [-0.25, -0.2) is 4.79 Å². The number of nitriles is 1. The second-order valence-corrected chi connectivity index (χ2v) is 12.3. The summed E-state index contributed by atoms with van der Waals surface area (Å²) in [6, 6.07) is 4.08. The van der Waals surface area contributed by atoms with Crippen molar-refractivity contribution in [3.8, 4) is 6.07 Å². The van der Waals surface area contributed by atoms with Gasteiger partial charge in [-0.15, -0.1) is 0 Å². The fourth-order valence-corrected chi connectivity index (χ4v) is 6.61. The third-order valence-corrected chi connectivity index (χ3v) is 8.36. The van der Waals surface area contributed by atoms with Crippen molar-refractivity contribution in [2.24, 2.45) is 5.92 Å². The minimum absolute atomic E-state index is 0.0261. The zero-order valence-electron chi connectivity index (χ0n) is 22.9. The molecule has 0 spiro atoms. The number of benzene rings is 1. The van der Waals surface area contributed by atoms with Crippen LogP contribution < -0.4 is 5.32 Å². The minimum atomic E-state index is -4.54. The molecule has 3 aliphatic heterocycles. The minimum Gasteiger partial charge on any atom is -0.444 e. The highest BCUT2D eigenvalue weighted by molar-refractivity contribution is 5.89. The van der Waals surface area contributed by atoms with E-state index in [9.17, 15) is 32.8 Å². The molecule has 2 bridgehead atoms. The van der Waals surface area contributed by atoms with Crippen LogP contribution in [0, 0.1) is 17.2 Å². The van der Waals surface area contributed by atoms with Crippen LogP contribution in [-0.4, -0.2) is 81.5 Å². The van der Waals surface area contributed by atoms with Gasteiger partial charge < -0.3 is 19.9 Å². The van der Waals surface area contributed by atoms with Crippen molar-refractivity contribution in [3.05, 3.63) is 35.4 Å². The summed E-state index contributed by atoms with van der Waals surface area (Å²) in [5.74, 6) is -0.403. The van der Waals surface area contributed by atoms with Crippen LogP contribution in [0.15, 0.2) is 24.3 Å². The first-order valence-corrected chi connectivity index (χ1v) is 13.6. The molecular weight excluding hydrogens is 527 g/mol. The number of carbonyl (C=O) groups is 3. The number of piperidine rings is 1. The number of ether oxygens (including phenoxy) is 1. The van der Waals surface area contributed by atoms with E-state index in [1.54, 1.807) is 32.6 Å². The van der Waals surface area contributed by atoms with E-state index < -0.39 is 47.6 Å². The molecule has 0 radical (unpaired) electrons. The van der Waals surface area contributed by atoms with E-state index >= 15 is 0 Å². The fourth-order valence-electron chi connectivity index (χ4n) is 6.61. The van der Waals surface area contributed by atoms with E-state index in [2.05, 4.69) is 11.4 Å². The van der Waals surface area contributed by atoms with Crippen LogP contribution in [0.25, 0.3) is 0 Å². The normalized spacial score (nSPS) is 29.1. The number of amides is 3. The number of alkyl carbamates (subject to hydrolysis) is 1. The summed E-state index contributed by atoms with van der Waals surface area (Å²) in [4.78, 5) is 44.8. The molecular formula is C28H34F3N5O4. The van der Waals surface area contributed by atoms with Gasteiger partial charge in [0.05, 0.1) is 23.7 Å². The van der Waals surface area contributed by atoms with Crippen LogP contribution in [0.2, 0.25) is 0 Å². The van der Waals surface area contributed by atoms with Crippen molar-refractivity contribution in [1.82, 2.24) is 20.0 Å². The predicted molar refractivity (Wildman–Crippen MR) is 136 cm³/mol. The van der Waals surface area contributed by atoms with Gasteiger partial charge in [-0.1, -0.05) is 18.2 Å². The van der Waals surface area contributed by atoms with Crippen LogP contribution >= 0.6 is 0 Å². The van der Waals surface area contributed by atoms with E-state index in [0.29, 0.717) is 19.4 Å². The zero-order valence-corrected chi connectivity index (χ0v) is 22.9. The average Bonchev–Trinajstić information content (AvgIpc) is 3.18. The monoisotopic (exact) mass is 561 g/mol. The first-order valence-electron chi connectivity index (χ1n) is 13.6. The summed E-state index contributed by atoms with van der Waals surface area (Å²) >= 11 is 0. The summed E-state index contributed by atoms with van der Waals surface area (Å²) in [5, 5.41) is 12.3. The highest BCUT2D eigenvalue weighted by Crippen LogP contribution is 2.48. The number of nitrogens with one attached hydrogen (secondary N) is 1. The lowest BCUT2D eigenvalue weighted by Gasteiger charge is -2.39. The van der Waals surface area contributed by atoms with Crippen molar-refractivity contribution in [2.75, 3.05) is 13.1 Å². The van der Waals surface area contributed by atoms with Crippen molar-refractivity contribution >= 4 is 17.9 Å². The Morgan fingerprint density at radius 2 is 1.88 bits per heavy atom. The SMILES string of the molecule is C[C@H](c1ccccc1C(F)(F)F)N1C(=O)[C@H]2CC1CN2C[C@H](NC(=O)OC(C)(C)C)C(=O)N1[C@H](C#N)C[C@@H]2C[C@@H]21. The molecule has 3 amide bonds. The molecule has 1 saturated carbocycles. The first kappa shape index (κ1) is 28.2. The van der Waals surface area contributed by atoms with E-state index in [-0.39, 0.29) is 41.9 Å². The van der Waals surface area contributed by atoms with Gasteiger partial charge in [0.1, 0.15) is 17.7 Å². The Labute approximate surface area is 231 Å². The molecule has 1 N–H and O–H groups in total. The molecule has 7 atom stereocenters. The molecule has 0 aromatic heterocycles. The molecule has 9 nitrogen and oxygen atoms in total. The number of rotatable bonds is 6. The molecule has 216 valence electrons. The third kappa shape index (κ3) is 5.23. The van der Waals surface area contributed by atoms with E-state index in [4.69, 9.17) is 4.74 Å². The molecule has 1 unspecified atom stereocenters. The molecule has 1 aromatic carbocycles. The second-order valence-electron chi connectivity index (χ2n) is 12.3. The largest absolute Gasteiger partial charge is 0.444 e. The highest BCUT2D eigenvalue weighted by Gasteiger charge is 2.57. The van der Waals surface area contributed by atoms with Crippen LogP contribution in [0.3, 0.4) is 0 Å². The van der Waals surface area contributed by atoms with Gasteiger partial charge in [0.2, 0.25) is 11.8 Å². The number of nitrogens with zero attached hydrogens (tertiary/aromatic N) is 4. The van der Waals surface area contributed by atoms with Crippen LogP contribution in [0.1, 0.15) is 64.1 Å². The van der Waals surface area contributed by atoms with Crippen molar-refractivity contribution in [3.63, 3.8) is 0 Å². The van der Waals surface area contributed by atoms with Gasteiger partial charge in [0, 0.05) is 25.2 Å². The number of fused-ring (bicyclic) bond motifs is 3. The van der Waals surface area contributed by atoms with Crippen LogP contribution in [0.4, 0.5) is 18.0 Å². The van der Waals surface area contributed by atoms with Gasteiger partial charge >= 0.3 is 12.3 Å². The number of carbonyl (C=O) groups excluding carboxylic acids is 3. The highest BCUT2D eigenvalue weighted by atomic mass is 19.4. The Balaban J connectivity index is 1.33. The van der Waals surface area contributed by atoms with Crippen LogP contribution in [-0.2, 0) is 20.5 Å². The lowest BCUT2D eigenvalue weighted by Crippen LogP contribution is -2.59. The lowest BCUT2D eigenvalue weighted by molar-refractivity contribution is -0.144. The molecule has 5 rings (SSSR count). The Hall–Kier alpha value is -3.33. The number of hydrogen-bond donors (Lipinski definition) is 1. The summed E-state index contributed by atoms with van der Waals surface area (Å²) in [6.07, 6.45) is -3.48. The molecule has 40 heavy (non-hydrogen) atoms. The Kier molecular flexibility index (Phi) is 7.01. The van der Waals surface area contributed by atoms with Gasteiger partial charge in [0.25, 0.3) is 0 Å². The van der Waals surface area contributed by atoms with E-state index in [0.717, 1.165) is 12.5 Å². The summed E-state index contributed by atoms with van der Waals surface area (Å²) in [6.45, 7) is 7.09. The maximum Gasteiger partial charge on any atom is 0.416 e. The van der Waals surface area contributed by atoms with Crippen molar-refractivity contribution < 1.29 is 32.3 Å². The molecule has 3 saturated heterocycles. The topological polar surface area (TPSA) is 106 Å². The fraction of sp³-hybridized carbons (Fsp3) is 0.643. The maximum atomic E-state index is 13.7. The van der Waals surface area contributed by atoms with E-state index in [1.807, 2.05) is 4.90 Å². The Morgan fingerprint density at radius 1 is 1.18 bits per heavy atom. The van der Waals surface area contributed by atoms with Gasteiger partial charge in [-0.3, -0.25) is 14.5 Å². The molecule has 1 aliphatic carbocycles. The molecule has 4 aliphatic rings. The standard InChI is InChI=1S/C28H34F3N5O4/c1-15(19-7-5-6-8-20(19)28(29,30)31)35-18-11-23(25(35)38)34(13-18)14-21(33-26(39)40-27(2,3)4)24(37)36-17(12-32)9-16-10-22(16)36/h5-8,15-18,21-23H,9-11,13-14H2,1-4H3,(H,33,39)/t15-,16-,17+,18?,21+,22+,23-/m1/s1. The maximum absolute atomic E-state index is 13.7. The number of likely N-dealkylation sites (tertiary alicyclic amines) is 3. The molecule has 4 fully saturated rings. The smallest absolute Gasteiger partial charge is 0.416 e. The molecule has 12 heteroatoms. The number of halogens is 3. The number of piperazine rings is 1. The molecule has 1 aromatic rings. The van der Waals surface area contributed by atoms with Gasteiger partial charge in [-0.05, 0) is 64.5 Å². The predicted octanol–water partition coefficient (Wildman–Crippen LogP) is 3.46. The number of alkyl halides is 3. The Bertz CT molecular complexity index is 1240. The van der Waals surface area contributed by atoms with Crippen molar-refractivity contribution in [2.45, 2.75) is 95.0 Å². The Morgan fingerprint density at radius 3 is 2.50 bits per heavy atom. The van der Waals surface area contributed by atoms with E-state index in [1.165, 1.54) is 23.1 Å². The summed E-state index contributed by atoms with van der Waals surface area (Å²) in [7, 11) is 0. The lowest BCUT2D eigenvalue weighted by atomic mass is 9.99. The quantitative estimate of drug-likeness (QED) is 0.571. The van der Waals surface area contributed by atoms with Gasteiger partial charge in [0.15, 0.2) is 0 Å². The van der Waals surface area contributed by atoms with Gasteiger partial charge in [-0.2, -0.15) is 18.4 Å². The first-order chi connectivity index (χ1) is 18.7. The second kappa shape index (κ2) is 9.94. The molecule has 3 heterocycles.